The van der Waals surface area contributed by atoms with Crippen molar-refractivity contribution >= 4 is 44.9 Å². The van der Waals surface area contributed by atoms with Gasteiger partial charge in [0.15, 0.2) is 5.16 Å². The number of aromatic nitrogens is 2. The van der Waals surface area contributed by atoms with Gasteiger partial charge in [0.25, 0.3) is 5.56 Å². The highest BCUT2D eigenvalue weighted by atomic mass is 32.2. The maximum atomic E-state index is 13.8. The summed E-state index contributed by atoms with van der Waals surface area (Å²) in [5.74, 6) is -1.60. The lowest BCUT2D eigenvalue weighted by molar-refractivity contribution is -0.113. The minimum Gasteiger partial charge on any atom is -0.496 e. The van der Waals surface area contributed by atoms with Gasteiger partial charge in [-0.05, 0) is 29.6 Å². The van der Waals surface area contributed by atoms with E-state index in [0.29, 0.717) is 27.2 Å². The number of thioether (sulfide) groups is 1. The minimum absolute atomic E-state index is 0.120. The Balaban J connectivity index is 1.60. The van der Waals surface area contributed by atoms with Crippen LogP contribution in [0.3, 0.4) is 0 Å². The van der Waals surface area contributed by atoms with Gasteiger partial charge in [0.1, 0.15) is 22.1 Å². The molecule has 1 amide bonds. The zero-order valence-electron chi connectivity index (χ0n) is 16.8. The van der Waals surface area contributed by atoms with Gasteiger partial charge < -0.3 is 10.1 Å². The molecule has 2 heterocycles. The van der Waals surface area contributed by atoms with Gasteiger partial charge in [-0.3, -0.25) is 14.2 Å². The number of nitrogens with one attached hydrogen (secondary N) is 1. The van der Waals surface area contributed by atoms with E-state index in [9.17, 15) is 18.4 Å². The predicted molar refractivity (Wildman–Crippen MR) is 122 cm³/mol. The van der Waals surface area contributed by atoms with Crippen LogP contribution in [0.2, 0.25) is 0 Å². The van der Waals surface area contributed by atoms with Crippen LogP contribution in [0.15, 0.2) is 63.9 Å². The van der Waals surface area contributed by atoms with Crippen LogP contribution in [0.5, 0.6) is 5.75 Å². The van der Waals surface area contributed by atoms with E-state index in [2.05, 4.69) is 10.3 Å². The van der Waals surface area contributed by atoms with E-state index < -0.39 is 17.5 Å². The monoisotopic (exact) mass is 473 g/mol. The standard InChI is InChI=1S/C22H17F2N3O3S2/c1-30-18-5-3-2-4-13(18)11-27-21(29)20-17(8-9-31-20)26-22(27)32-12-19(28)25-16-7-6-14(23)10-15(16)24/h2-10H,11-12H2,1H3,(H,25,28). The predicted octanol–water partition coefficient (Wildman–Crippen LogP) is 4.52. The Morgan fingerprint density at radius 2 is 2.03 bits per heavy atom. The number of thiophene rings is 1. The quantitative estimate of drug-likeness (QED) is 0.316. The molecule has 0 saturated heterocycles. The van der Waals surface area contributed by atoms with E-state index in [-0.39, 0.29) is 23.5 Å². The van der Waals surface area contributed by atoms with Gasteiger partial charge in [-0.25, -0.2) is 13.8 Å². The van der Waals surface area contributed by atoms with Crippen LogP contribution in [0.4, 0.5) is 14.5 Å². The molecule has 0 aliphatic rings. The summed E-state index contributed by atoms with van der Waals surface area (Å²) in [6, 6.07) is 12.0. The summed E-state index contributed by atoms with van der Waals surface area (Å²) in [4.78, 5) is 30.0. The van der Waals surface area contributed by atoms with Crippen LogP contribution in [0.1, 0.15) is 5.56 Å². The van der Waals surface area contributed by atoms with E-state index in [0.717, 1.165) is 29.5 Å². The van der Waals surface area contributed by atoms with Gasteiger partial charge in [-0.15, -0.1) is 11.3 Å². The normalized spacial score (nSPS) is 11.0. The molecule has 6 nitrogen and oxygen atoms in total. The van der Waals surface area contributed by atoms with E-state index in [1.54, 1.807) is 24.6 Å². The Morgan fingerprint density at radius 1 is 1.22 bits per heavy atom. The first kappa shape index (κ1) is 22.0. The molecule has 0 bridgehead atoms. The highest BCUT2D eigenvalue weighted by molar-refractivity contribution is 7.99. The molecular formula is C22H17F2N3O3S2. The van der Waals surface area contributed by atoms with Gasteiger partial charge in [-0.2, -0.15) is 0 Å². The Labute approximate surface area is 189 Å². The number of hydrogen-bond donors (Lipinski definition) is 1. The lowest BCUT2D eigenvalue weighted by Gasteiger charge is -2.14. The highest BCUT2D eigenvalue weighted by Crippen LogP contribution is 2.25. The van der Waals surface area contributed by atoms with Crippen molar-refractivity contribution in [2.24, 2.45) is 0 Å². The van der Waals surface area contributed by atoms with E-state index in [1.165, 1.54) is 15.9 Å². The number of nitrogens with zero attached hydrogens (tertiary/aromatic N) is 2. The third-order valence-electron chi connectivity index (χ3n) is 4.59. The summed E-state index contributed by atoms with van der Waals surface area (Å²) < 4.78 is 34.3. The molecule has 0 spiro atoms. The summed E-state index contributed by atoms with van der Waals surface area (Å²) >= 11 is 2.35. The molecule has 0 fully saturated rings. The van der Waals surface area contributed by atoms with Crippen molar-refractivity contribution in [3.8, 4) is 5.75 Å². The first-order chi connectivity index (χ1) is 15.5. The number of carbonyl (C=O) groups is 1. The number of benzene rings is 2. The van der Waals surface area contributed by atoms with E-state index in [1.807, 2.05) is 18.2 Å². The molecule has 0 radical (unpaired) electrons. The van der Waals surface area contributed by atoms with Crippen molar-refractivity contribution in [2.75, 3.05) is 18.2 Å². The average molecular weight is 474 g/mol. The Bertz CT molecular complexity index is 1350. The first-order valence-corrected chi connectivity index (χ1v) is 11.3. The number of amides is 1. The number of rotatable bonds is 7. The third kappa shape index (κ3) is 4.66. The maximum Gasteiger partial charge on any atom is 0.272 e. The highest BCUT2D eigenvalue weighted by Gasteiger charge is 2.16. The van der Waals surface area contributed by atoms with Crippen molar-refractivity contribution in [3.63, 3.8) is 0 Å². The van der Waals surface area contributed by atoms with E-state index in [4.69, 9.17) is 4.74 Å². The number of methoxy groups -OCH3 is 1. The van der Waals surface area contributed by atoms with Crippen LogP contribution in [-0.4, -0.2) is 28.3 Å². The van der Waals surface area contributed by atoms with Crippen LogP contribution < -0.4 is 15.6 Å². The minimum atomic E-state index is -0.866. The van der Waals surface area contributed by atoms with Crippen molar-refractivity contribution in [1.82, 2.24) is 9.55 Å². The number of hydrogen-bond acceptors (Lipinski definition) is 6. The molecule has 2 aromatic carbocycles. The molecule has 0 aliphatic carbocycles. The van der Waals surface area contributed by atoms with Crippen LogP contribution >= 0.6 is 23.1 Å². The van der Waals surface area contributed by atoms with Crippen molar-refractivity contribution in [3.05, 3.63) is 81.5 Å². The topological polar surface area (TPSA) is 73.2 Å². The van der Waals surface area contributed by atoms with Crippen LogP contribution in [0.25, 0.3) is 10.2 Å². The summed E-state index contributed by atoms with van der Waals surface area (Å²) in [5.41, 5.74) is 0.992. The fourth-order valence-electron chi connectivity index (χ4n) is 3.08. The summed E-state index contributed by atoms with van der Waals surface area (Å²) in [6.45, 7) is 0.209. The molecule has 10 heteroatoms. The SMILES string of the molecule is COc1ccccc1Cn1c(SCC(=O)Nc2ccc(F)cc2F)nc2ccsc2c1=O. The van der Waals surface area contributed by atoms with Crippen molar-refractivity contribution in [2.45, 2.75) is 11.7 Å². The zero-order valence-corrected chi connectivity index (χ0v) is 18.4. The first-order valence-electron chi connectivity index (χ1n) is 9.44. The molecule has 0 unspecified atom stereocenters. The number of ether oxygens (including phenoxy) is 1. The molecule has 2 aromatic heterocycles. The number of anilines is 1. The number of para-hydroxylation sites is 1. The summed E-state index contributed by atoms with van der Waals surface area (Å²) in [5, 5.41) is 4.54. The Hall–Kier alpha value is -3.24. The Kier molecular flexibility index (Phi) is 6.52. The molecule has 1 N–H and O–H groups in total. The van der Waals surface area contributed by atoms with Gasteiger partial charge in [-0.1, -0.05) is 30.0 Å². The Morgan fingerprint density at radius 3 is 2.81 bits per heavy atom. The summed E-state index contributed by atoms with van der Waals surface area (Å²) in [6.07, 6.45) is 0. The molecule has 164 valence electrons. The maximum absolute atomic E-state index is 13.8. The fraction of sp³-hybridized carbons (Fsp3) is 0.136. The number of halogens is 2. The molecule has 0 atom stereocenters. The van der Waals surface area contributed by atoms with Gasteiger partial charge in [0.05, 0.1) is 30.6 Å². The largest absolute Gasteiger partial charge is 0.496 e. The zero-order chi connectivity index (χ0) is 22.7. The van der Waals surface area contributed by atoms with Crippen molar-refractivity contribution < 1.29 is 18.3 Å². The number of fused-ring (bicyclic) bond motifs is 1. The number of carbonyl (C=O) groups excluding carboxylic acids is 1. The molecule has 4 aromatic rings. The second kappa shape index (κ2) is 9.49. The van der Waals surface area contributed by atoms with Gasteiger partial charge in [0.2, 0.25) is 5.91 Å². The van der Waals surface area contributed by atoms with Crippen LogP contribution in [0, 0.1) is 11.6 Å². The molecule has 0 saturated carbocycles. The lowest BCUT2D eigenvalue weighted by atomic mass is 10.2. The van der Waals surface area contributed by atoms with Crippen molar-refractivity contribution in [1.29, 1.82) is 0 Å². The second-order valence-corrected chi connectivity index (χ2v) is 8.55. The fourth-order valence-corrected chi connectivity index (χ4v) is 4.66. The van der Waals surface area contributed by atoms with Gasteiger partial charge in [0, 0.05) is 11.6 Å². The smallest absolute Gasteiger partial charge is 0.272 e. The lowest BCUT2D eigenvalue weighted by Crippen LogP contribution is -2.24. The average Bonchev–Trinajstić information content (AvgIpc) is 3.25. The molecule has 4 rings (SSSR count). The molecule has 0 aliphatic heterocycles. The third-order valence-corrected chi connectivity index (χ3v) is 6.46. The van der Waals surface area contributed by atoms with Crippen LogP contribution in [-0.2, 0) is 11.3 Å². The molecular weight excluding hydrogens is 456 g/mol. The van der Waals surface area contributed by atoms with Gasteiger partial charge >= 0.3 is 0 Å². The van der Waals surface area contributed by atoms with E-state index >= 15 is 0 Å². The molecule has 32 heavy (non-hydrogen) atoms. The summed E-state index contributed by atoms with van der Waals surface area (Å²) in [7, 11) is 1.55. The second-order valence-electron chi connectivity index (χ2n) is 6.69.